The number of hydrogen-bond donors (Lipinski definition) is 3. The van der Waals surface area contributed by atoms with Gasteiger partial charge < -0.3 is 9.84 Å². The molecule has 0 saturated carbocycles. The SMILES string of the molecule is CCCCc1nc(C(C)C)c(CC(=O)OCC)c(=O)n1Cc1ccc(-c2ccccc2C(=N)NC(=O)O)cc1. The van der Waals surface area contributed by atoms with E-state index in [2.05, 4.69) is 12.2 Å². The van der Waals surface area contributed by atoms with E-state index in [0.717, 1.165) is 24.0 Å². The van der Waals surface area contributed by atoms with Crippen LogP contribution in [-0.4, -0.2) is 39.2 Å². The number of carbonyl (C=O) groups excluding carboxylic acids is 1. The Morgan fingerprint density at radius 2 is 1.79 bits per heavy atom. The number of unbranched alkanes of at least 4 members (excludes halogenated alkanes) is 1. The summed E-state index contributed by atoms with van der Waals surface area (Å²) in [6.07, 6.45) is 1.07. The highest BCUT2D eigenvalue weighted by Crippen LogP contribution is 2.25. The minimum absolute atomic E-state index is 0.0224. The van der Waals surface area contributed by atoms with Gasteiger partial charge in [0.25, 0.3) is 5.56 Å². The summed E-state index contributed by atoms with van der Waals surface area (Å²) in [5, 5.41) is 19.2. The van der Waals surface area contributed by atoms with Crippen LogP contribution in [0.15, 0.2) is 53.3 Å². The Hall–Kier alpha value is -4.27. The summed E-state index contributed by atoms with van der Waals surface area (Å²) in [7, 11) is 0. The quantitative estimate of drug-likeness (QED) is 0.178. The molecular weight excluding hydrogens is 496 g/mol. The second-order valence-electron chi connectivity index (χ2n) is 9.57. The molecule has 0 aliphatic rings. The standard InChI is InChI=1S/C30H36N4O5/c1-5-7-12-25-32-27(19(3)4)24(17-26(35)39-6-2)29(36)34(25)18-20-13-15-21(16-14-20)22-10-8-9-11-23(22)28(31)33-30(37)38/h8-11,13-16,19H,5-7,12,17-18H2,1-4H3,(H2,31,33)(H,37,38). The minimum atomic E-state index is -1.30. The van der Waals surface area contributed by atoms with Gasteiger partial charge in [-0.2, -0.15) is 0 Å². The van der Waals surface area contributed by atoms with Gasteiger partial charge in [0.1, 0.15) is 11.7 Å². The van der Waals surface area contributed by atoms with Gasteiger partial charge in [-0.3, -0.25) is 24.9 Å². The first kappa shape index (κ1) is 29.3. The lowest BCUT2D eigenvalue weighted by Crippen LogP contribution is -2.32. The molecule has 0 bridgehead atoms. The van der Waals surface area contributed by atoms with E-state index >= 15 is 0 Å². The molecule has 2 aromatic carbocycles. The number of nitrogens with zero attached hydrogens (tertiary/aromatic N) is 2. The van der Waals surface area contributed by atoms with Crippen LogP contribution in [0.25, 0.3) is 11.1 Å². The van der Waals surface area contributed by atoms with Gasteiger partial charge in [0.2, 0.25) is 0 Å². The molecule has 0 fully saturated rings. The molecule has 3 aromatic rings. The lowest BCUT2D eigenvalue weighted by atomic mass is 9.98. The number of aromatic nitrogens is 2. The second-order valence-corrected chi connectivity index (χ2v) is 9.57. The van der Waals surface area contributed by atoms with Crippen LogP contribution in [-0.2, 0) is 28.9 Å². The van der Waals surface area contributed by atoms with Crippen LogP contribution in [0, 0.1) is 5.41 Å². The molecule has 0 saturated heterocycles. The predicted molar refractivity (Wildman–Crippen MR) is 151 cm³/mol. The highest BCUT2D eigenvalue weighted by molar-refractivity contribution is 6.08. The van der Waals surface area contributed by atoms with E-state index in [9.17, 15) is 14.4 Å². The third-order valence-electron chi connectivity index (χ3n) is 6.33. The summed E-state index contributed by atoms with van der Waals surface area (Å²) in [4.78, 5) is 42.0. The Bertz CT molecular complexity index is 1390. The van der Waals surface area contributed by atoms with Crippen LogP contribution in [0.4, 0.5) is 4.79 Å². The average molecular weight is 533 g/mol. The van der Waals surface area contributed by atoms with E-state index in [-0.39, 0.29) is 36.9 Å². The van der Waals surface area contributed by atoms with Crippen molar-refractivity contribution in [2.24, 2.45) is 0 Å². The Morgan fingerprint density at radius 3 is 2.41 bits per heavy atom. The molecule has 9 nitrogen and oxygen atoms in total. The number of ether oxygens (including phenoxy) is 1. The molecule has 206 valence electrons. The number of nitrogens with one attached hydrogen (secondary N) is 2. The number of amidine groups is 1. The van der Waals surface area contributed by atoms with Gasteiger partial charge in [0.15, 0.2) is 0 Å². The molecule has 39 heavy (non-hydrogen) atoms. The van der Waals surface area contributed by atoms with Crippen molar-refractivity contribution in [2.75, 3.05) is 6.61 Å². The van der Waals surface area contributed by atoms with Crippen molar-refractivity contribution >= 4 is 17.9 Å². The average Bonchev–Trinajstić information content (AvgIpc) is 2.90. The smallest absolute Gasteiger partial charge is 0.410 e. The Kier molecular flexibility index (Phi) is 10.1. The zero-order valence-corrected chi connectivity index (χ0v) is 22.9. The Labute approximate surface area is 228 Å². The third-order valence-corrected chi connectivity index (χ3v) is 6.33. The summed E-state index contributed by atoms with van der Waals surface area (Å²) >= 11 is 0. The fourth-order valence-electron chi connectivity index (χ4n) is 4.44. The number of hydrogen-bond acceptors (Lipinski definition) is 6. The molecule has 9 heteroatoms. The van der Waals surface area contributed by atoms with E-state index in [1.54, 1.807) is 23.6 Å². The van der Waals surface area contributed by atoms with E-state index in [1.807, 2.05) is 50.2 Å². The summed E-state index contributed by atoms with van der Waals surface area (Å²) < 4.78 is 6.78. The molecule has 1 aromatic heterocycles. The summed E-state index contributed by atoms with van der Waals surface area (Å²) in [5.41, 5.74) is 3.64. The van der Waals surface area contributed by atoms with Crippen molar-refractivity contribution in [3.8, 4) is 11.1 Å². The van der Waals surface area contributed by atoms with Crippen LogP contribution >= 0.6 is 0 Å². The molecule has 3 rings (SSSR count). The maximum atomic E-state index is 13.8. The predicted octanol–water partition coefficient (Wildman–Crippen LogP) is 5.12. The van der Waals surface area contributed by atoms with E-state index in [1.165, 1.54) is 0 Å². The molecule has 0 atom stereocenters. The van der Waals surface area contributed by atoms with Crippen LogP contribution in [0.1, 0.15) is 74.7 Å². The topological polar surface area (TPSA) is 134 Å². The first-order valence-electron chi connectivity index (χ1n) is 13.2. The van der Waals surface area contributed by atoms with Gasteiger partial charge in [0.05, 0.1) is 30.8 Å². The number of amides is 1. The maximum Gasteiger partial charge on any atom is 0.410 e. The van der Waals surface area contributed by atoms with Crippen molar-refractivity contribution in [1.82, 2.24) is 14.9 Å². The van der Waals surface area contributed by atoms with E-state index in [4.69, 9.17) is 20.2 Å². The molecule has 0 radical (unpaired) electrons. The summed E-state index contributed by atoms with van der Waals surface area (Å²) in [6, 6.07) is 14.7. The van der Waals surface area contributed by atoms with Crippen LogP contribution in [0.3, 0.4) is 0 Å². The van der Waals surface area contributed by atoms with Crippen LogP contribution < -0.4 is 10.9 Å². The van der Waals surface area contributed by atoms with Gasteiger partial charge in [-0.25, -0.2) is 9.78 Å². The van der Waals surface area contributed by atoms with Gasteiger partial charge in [-0.05, 0) is 36.0 Å². The molecule has 1 heterocycles. The highest BCUT2D eigenvalue weighted by atomic mass is 16.5. The zero-order valence-electron chi connectivity index (χ0n) is 22.9. The Morgan fingerprint density at radius 1 is 1.10 bits per heavy atom. The monoisotopic (exact) mass is 532 g/mol. The van der Waals surface area contributed by atoms with Crippen molar-refractivity contribution in [3.05, 3.63) is 87.1 Å². The van der Waals surface area contributed by atoms with Crippen molar-refractivity contribution in [3.63, 3.8) is 0 Å². The summed E-state index contributed by atoms with van der Waals surface area (Å²) in [5.74, 6) is 0.0171. The first-order chi connectivity index (χ1) is 18.7. The zero-order chi connectivity index (χ0) is 28.5. The molecule has 0 aliphatic carbocycles. The fourth-order valence-corrected chi connectivity index (χ4v) is 4.44. The molecule has 1 amide bonds. The largest absolute Gasteiger partial charge is 0.466 e. The second kappa shape index (κ2) is 13.5. The van der Waals surface area contributed by atoms with Gasteiger partial charge in [0, 0.05) is 12.0 Å². The lowest BCUT2D eigenvalue weighted by Gasteiger charge is -2.19. The number of aryl methyl sites for hydroxylation is 1. The first-order valence-corrected chi connectivity index (χ1v) is 13.2. The Balaban J connectivity index is 2.01. The van der Waals surface area contributed by atoms with Crippen LogP contribution in [0.5, 0.6) is 0 Å². The van der Waals surface area contributed by atoms with Crippen molar-refractivity contribution < 1.29 is 19.4 Å². The fraction of sp³-hybridized carbons (Fsp3) is 0.367. The van der Waals surface area contributed by atoms with Gasteiger partial charge >= 0.3 is 12.1 Å². The number of esters is 1. The minimum Gasteiger partial charge on any atom is -0.466 e. The number of carbonyl (C=O) groups is 2. The van der Waals surface area contributed by atoms with E-state index in [0.29, 0.717) is 34.6 Å². The number of benzene rings is 2. The lowest BCUT2D eigenvalue weighted by molar-refractivity contribution is -0.142. The molecule has 0 aliphatic heterocycles. The number of rotatable bonds is 11. The van der Waals surface area contributed by atoms with E-state index < -0.39 is 12.1 Å². The molecular formula is C30H36N4O5. The molecule has 0 spiro atoms. The van der Waals surface area contributed by atoms with Crippen molar-refractivity contribution in [1.29, 1.82) is 5.41 Å². The molecule has 0 unspecified atom stereocenters. The normalized spacial score (nSPS) is 10.9. The third kappa shape index (κ3) is 7.40. The number of carboxylic acid groups (broad SMARTS) is 1. The molecule has 3 N–H and O–H groups in total. The maximum absolute atomic E-state index is 13.8. The van der Waals surface area contributed by atoms with Gasteiger partial charge in [-0.1, -0.05) is 75.7 Å². The highest BCUT2D eigenvalue weighted by Gasteiger charge is 2.21. The van der Waals surface area contributed by atoms with Gasteiger partial charge in [-0.15, -0.1) is 0 Å². The van der Waals surface area contributed by atoms with Crippen molar-refractivity contribution in [2.45, 2.75) is 65.8 Å². The summed E-state index contributed by atoms with van der Waals surface area (Å²) in [6.45, 7) is 8.28. The van der Waals surface area contributed by atoms with Crippen LogP contribution in [0.2, 0.25) is 0 Å².